The fourth-order valence-corrected chi connectivity index (χ4v) is 2.41. The van der Waals surface area contributed by atoms with Crippen molar-refractivity contribution < 1.29 is 0 Å². The molecule has 2 nitrogen and oxygen atoms in total. The summed E-state index contributed by atoms with van der Waals surface area (Å²) >= 11 is 0. The molecule has 2 unspecified atom stereocenters. The molecule has 0 aliphatic heterocycles. The Morgan fingerprint density at radius 1 is 1.06 bits per heavy atom. The van der Waals surface area contributed by atoms with E-state index in [0.29, 0.717) is 0 Å². The predicted molar refractivity (Wildman–Crippen MR) is 73.9 cm³/mol. The second-order valence-electron chi connectivity index (χ2n) is 5.62. The number of hydrogen-bond acceptors (Lipinski definition) is 1. The molecule has 0 N–H and O–H groups in total. The van der Waals surface area contributed by atoms with Crippen molar-refractivity contribution in [2.45, 2.75) is 59.9 Å². The second kappa shape index (κ2) is 7.52. The molecular weight excluding hydrogens is 208 g/mol. The first kappa shape index (κ1) is 14.3. The minimum absolute atomic E-state index is 0.800. The van der Waals surface area contributed by atoms with Gasteiger partial charge < -0.3 is 4.57 Å². The highest BCUT2D eigenvalue weighted by Gasteiger charge is 2.15. The van der Waals surface area contributed by atoms with Crippen molar-refractivity contribution in [3.63, 3.8) is 0 Å². The van der Waals surface area contributed by atoms with Gasteiger partial charge in [0.05, 0.1) is 6.33 Å². The maximum Gasteiger partial charge on any atom is 0.0945 e. The van der Waals surface area contributed by atoms with E-state index in [0.717, 1.165) is 24.3 Å². The summed E-state index contributed by atoms with van der Waals surface area (Å²) in [5.41, 5.74) is 0. The molecule has 1 rings (SSSR count). The van der Waals surface area contributed by atoms with E-state index in [1.165, 1.54) is 25.7 Å². The summed E-state index contributed by atoms with van der Waals surface area (Å²) in [5, 5.41) is 0. The van der Waals surface area contributed by atoms with Crippen molar-refractivity contribution in [1.82, 2.24) is 9.55 Å². The molecule has 1 aromatic heterocycles. The molecule has 1 heterocycles. The Morgan fingerprint density at radius 2 is 1.65 bits per heavy atom. The van der Waals surface area contributed by atoms with Crippen LogP contribution in [0.25, 0.3) is 0 Å². The van der Waals surface area contributed by atoms with Crippen LogP contribution >= 0.6 is 0 Å². The Balaban J connectivity index is 2.52. The lowest BCUT2D eigenvalue weighted by atomic mass is 9.86. The number of nitrogens with zero attached hydrogens (tertiary/aromatic N) is 2. The maximum absolute atomic E-state index is 4.14. The molecule has 2 heteroatoms. The first-order valence-corrected chi connectivity index (χ1v) is 7.11. The third-order valence-corrected chi connectivity index (χ3v) is 3.89. The average molecular weight is 236 g/mol. The molecule has 17 heavy (non-hydrogen) atoms. The molecule has 0 saturated heterocycles. The highest BCUT2D eigenvalue weighted by molar-refractivity contribution is 4.77. The van der Waals surface area contributed by atoms with Crippen molar-refractivity contribution in [3.05, 3.63) is 18.7 Å². The van der Waals surface area contributed by atoms with Gasteiger partial charge in [0.15, 0.2) is 0 Å². The van der Waals surface area contributed by atoms with Gasteiger partial charge in [-0.1, -0.05) is 40.5 Å². The van der Waals surface area contributed by atoms with Gasteiger partial charge in [-0.25, -0.2) is 4.98 Å². The van der Waals surface area contributed by atoms with Gasteiger partial charge in [0.25, 0.3) is 0 Å². The van der Waals surface area contributed by atoms with Crippen molar-refractivity contribution in [2.24, 2.45) is 17.8 Å². The fourth-order valence-electron chi connectivity index (χ4n) is 2.41. The van der Waals surface area contributed by atoms with Crippen LogP contribution in [0.3, 0.4) is 0 Å². The van der Waals surface area contributed by atoms with E-state index in [-0.39, 0.29) is 0 Å². The summed E-state index contributed by atoms with van der Waals surface area (Å²) in [5.74, 6) is 2.48. The van der Waals surface area contributed by atoms with Crippen LogP contribution < -0.4 is 0 Å². The van der Waals surface area contributed by atoms with Gasteiger partial charge in [-0.2, -0.15) is 0 Å². The Morgan fingerprint density at radius 3 is 2.06 bits per heavy atom. The third kappa shape index (κ3) is 5.38. The van der Waals surface area contributed by atoms with Gasteiger partial charge in [0.2, 0.25) is 0 Å². The van der Waals surface area contributed by atoms with E-state index >= 15 is 0 Å². The third-order valence-electron chi connectivity index (χ3n) is 3.89. The normalized spacial score (nSPS) is 16.7. The van der Waals surface area contributed by atoms with Crippen molar-refractivity contribution in [3.8, 4) is 0 Å². The van der Waals surface area contributed by atoms with Crippen LogP contribution in [-0.2, 0) is 6.54 Å². The van der Waals surface area contributed by atoms with E-state index in [1.807, 2.05) is 12.5 Å². The summed E-state index contributed by atoms with van der Waals surface area (Å²) in [6.07, 6.45) is 11.2. The minimum Gasteiger partial charge on any atom is -0.337 e. The molecule has 0 amide bonds. The molecule has 0 radical (unpaired) electrons. The van der Waals surface area contributed by atoms with Crippen LogP contribution in [0.1, 0.15) is 53.4 Å². The van der Waals surface area contributed by atoms with Gasteiger partial charge in [0.1, 0.15) is 0 Å². The van der Waals surface area contributed by atoms with E-state index in [9.17, 15) is 0 Å². The molecule has 0 saturated carbocycles. The van der Waals surface area contributed by atoms with E-state index in [4.69, 9.17) is 0 Å². The second-order valence-corrected chi connectivity index (χ2v) is 5.62. The van der Waals surface area contributed by atoms with Crippen LogP contribution in [0.2, 0.25) is 0 Å². The zero-order valence-electron chi connectivity index (χ0n) is 11.9. The zero-order valence-corrected chi connectivity index (χ0v) is 11.9. The summed E-state index contributed by atoms with van der Waals surface area (Å²) in [6.45, 7) is 10.5. The van der Waals surface area contributed by atoms with Crippen molar-refractivity contribution in [1.29, 1.82) is 0 Å². The smallest absolute Gasteiger partial charge is 0.0945 e. The largest absolute Gasteiger partial charge is 0.337 e. The van der Waals surface area contributed by atoms with Crippen LogP contribution in [0.15, 0.2) is 18.7 Å². The molecule has 0 aromatic carbocycles. The van der Waals surface area contributed by atoms with E-state index in [1.54, 1.807) is 0 Å². The average Bonchev–Trinajstić information content (AvgIpc) is 2.81. The van der Waals surface area contributed by atoms with Gasteiger partial charge in [-0.15, -0.1) is 0 Å². The molecule has 98 valence electrons. The van der Waals surface area contributed by atoms with Gasteiger partial charge in [0, 0.05) is 18.9 Å². The topological polar surface area (TPSA) is 17.8 Å². The Bertz CT molecular complexity index is 267. The van der Waals surface area contributed by atoms with Crippen LogP contribution in [-0.4, -0.2) is 9.55 Å². The molecule has 0 aliphatic carbocycles. The first-order valence-electron chi connectivity index (χ1n) is 7.11. The summed E-state index contributed by atoms with van der Waals surface area (Å²) in [4.78, 5) is 4.14. The monoisotopic (exact) mass is 236 g/mol. The lowest BCUT2D eigenvalue weighted by Crippen LogP contribution is -2.16. The number of hydrogen-bond donors (Lipinski definition) is 0. The molecule has 0 spiro atoms. The fraction of sp³-hybridized carbons (Fsp3) is 0.800. The lowest BCUT2D eigenvalue weighted by Gasteiger charge is -2.23. The molecule has 1 aromatic rings. The summed E-state index contributed by atoms with van der Waals surface area (Å²) in [7, 11) is 0. The predicted octanol–water partition coefficient (Wildman–Crippen LogP) is 4.37. The Hall–Kier alpha value is -0.790. The molecule has 0 aliphatic rings. The Labute approximate surface area is 106 Å². The van der Waals surface area contributed by atoms with Crippen molar-refractivity contribution >= 4 is 0 Å². The lowest BCUT2D eigenvalue weighted by molar-refractivity contribution is 0.283. The molecule has 0 bridgehead atoms. The highest BCUT2D eigenvalue weighted by Crippen LogP contribution is 2.24. The zero-order chi connectivity index (χ0) is 12.7. The SMILES string of the molecule is CCC(C)CC(CC(C)CC)Cn1ccnc1. The van der Waals surface area contributed by atoms with Gasteiger partial charge >= 0.3 is 0 Å². The number of aromatic nitrogens is 2. The van der Waals surface area contributed by atoms with E-state index < -0.39 is 0 Å². The van der Waals surface area contributed by atoms with Crippen molar-refractivity contribution in [2.75, 3.05) is 0 Å². The standard InChI is InChI=1S/C15H28N2/c1-5-13(3)9-15(10-14(4)6-2)11-17-8-7-16-12-17/h7-8,12-15H,5-6,9-11H2,1-4H3. The molecular formula is C15H28N2. The van der Waals surface area contributed by atoms with Gasteiger partial charge in [-0.3, -0.25) is 0 Å². The molecule has 0 fully saturated rings. The summed E-state index contributed by atoms with van der Waals surface area (Å²) < 4.78 is 2.23. The summed E-state index contributed by atoms with van der Waals surface area (Å²) in [6, 6.07) is 0. The van der Waals surface area contributed by atoms with Crippen LogP contribution in [0.5, 0.6) is 0 Å². The number of imidazole rings is 1. The van der Waals surface area contributed by atoms with E-state index in [2.05, 4.69) is 43.4 Å². The number of rotatable bonds is 8. The maximum atomic E-state index is 4.14. The quantitative estimate of drug-likeness (QED) is 0.655. The Kier molecular flexibility index (Phi) is 6.31. The first-order chi connectivity index (χ1) is 8.15. The highest BCUT2D eigenvalue weighted by atomic mass is 15.0. The molecule has 2 atom stereocenters. The van der Waals surface area contributed by atoms with Crippen LogP contribution in [0, 0.1) is 17.8 Å². The minimum atomic E-state index is 0.800. The van der Waals surface area contributed by atoms with Crippen LogP contribution in [0.4, 0.5) is 0 Å². The van der Waals surface area contributed by atoms with Gasteiger partial charge in [-0.05, 0) is 30.6 Å².